The third-order valence-corrected chi connectivity index (χ3v) is 10.7. The van der Waals surface area contributed by atoms with Crippen LogP contribution in [-0.4, -0.2) is 9.13 Å². The molecule has 0 radical (unpaired) electrons. The summed E-state index contributed by atoms with van der Waals surface area (Å²) < 4.78 is 4.84. The highest BCUT2D eigenvalue weighted by Crippen LogP contribution is 2.39. The van der Waals surface area contributed by atoms with E-state index in [-0.39, 0.29) is 0 Å². The second-order valence-electron chi connectivity index (χ2n) is 13.9. The van der Waals surface area contributed by atoms with Crippen LogP contribution in [0.1, 0.15) is 18.9 Å². The van der Waals surface area contributed by atoms with Gasteiger partial charge in [0.2, 0.25) is 0 Å². The Hall–Kier alpha value is -6.38. The summed E-state index contributed by atoms with van der Waals surface area (Å²) >= 11 is 0. The van der Waals surface area contributed by atoms with E-state index in [0.29, 0.717) is 5.92 Å². The molecular formula is C49H36N2. The van der Waals surface area contributed by atoms with Gasteiger partial charge < -0.3 is 9.13 Å². The van der Waals surface area contributed by atoms with Crippen LogP contribution in [0, 0.1) is 5.92 Å². The first-order valence-corrected chi connectivity index (χ1v) is 17.9. The zero-order valence-corrected chi connectivity index (χ0v) is 28.5. The molecule has 10 rings (SSSR count). The van der Waals surface area contributed by atoms with Crippen molar-refractivity contribution in [2.45, 2.75) is 13.3 Å². The van der Waals surface area contributed by atoms with Crippen LogP contribution in [0.15, 0.2) is 182 Å². The smallest absolute Gasteiger partial charge is 0.0547 e. The van der Waals surface area contributed by atoms with Crippen LogP contribution in [0.5, 0.6) is 0 Å². The van der Waals surface area contributed by atoms with E-state index >= 15 is 0 Å². The number of nitrogens with zero attached hydrogens (tertiary/aromatic N) is 2. The lowest BCUT2D eigenvalue weighted by molar-refractivity contribution is 0.739. The maximum Gasteiger partial charge on any atom is 0.0547 e. The topological polar surface area (TPSA) is 9.86 Å². The van der Waals surface area contributed by atoms with Crippen molar-refractivity contribution in [3.05, 3.63) is 188 Å². The number of para-hydroxylation sites is 2. The average molecular weight is 653 g/mol. The van der Waals surface area contributed by atoms with E-state index in [2.05, 4.69) is 198 Å². The number of benzene rings is 7. The van der Waals surface area contributed by atoms with Gasteiger partial charge in [0.15, 0.2) is 0 Å². The predicted octanol–water partition coefficient (Wildman–Crippen LogP) is 13.2. The molecule has 0 amide bonds. The number of hydrogen-bond donors (Lipinski definition) is 0. The molecule has 1 atom stereocenters. The summed E-state index contributed by atoms with van der Waals surface area (Å²) in [7, 11) is 0. The third-order valence-electron chi connectivity index (χ3n) is 10.7. The number of hydrogen-bond acceptors (Lipinski definition) is 0. The van der Waals surface area contributed by atoms with E-state index in [1.807, 2.05) is 0 Å². The summed E-state index contributed by atoms with van der Waals surface area (Å²) in [6.45, 7) is 2.27. The van der Waals surface area contributed by atoms with Crippen molar-refractivity contribution in [2.24, 2.45) is 5.92 Å². The molecule has 0 aliphatic heterocycles. The van der Waals surface area contributed by atoms with Gasteiger partial charge in [-0.05, 0) is 100 Å². The van der Waals surface area contributed by atoms with Crippen LogP contribution in [-0.2, 0) is 0 Å². The molecule has 0 fully saturated rings. The van der Waals surface area contributed by atoms with Gasteiger partial charge in [-0.25, -0.2) is 0 Å². The predicted molar refractivity (Wildman–Crippen MR) is 217 cm³/mol. The standard InChI is InChI=1S/C49H36N2/c1-33-18-20-36(21-19-33)37-12-9-13-41(30-37)51-47-17-8-6-15-43(47)45-31-38(25-29-48(45)51)39-24-28-44-42-14-5-7-16-46(42)50(49(44)32-39)40-26-22-35(23-27-40)34-10-3-2-4-11-34/h2-18,20-33H,19H2,1H3. The summed E-state index contributed by atoms with van der Waals surface area (Å²) in [5.41, 5.74) is 14.6. The Morgan fingerprint density at radius 3 is 1.76 bits per heavy atom. The highest BCUT2D eigenvalue weighted by molar-refractivity contribution is 6.12. The molecule has 2 aromatic heterocycles. The molecule has 2 heterocycles. The zero-order chi connectivity index (χ0) is 33.9. The molecule has 51 heavy (non-hydrogen) atoms. The zero-order valence-electron chi connectivity index (χ0n) is 28.5. The molecule has 2 heteroatoms. The Morgan fingerprint density at radius 1 is 0.412 bits per heavy atom. The Morgan fingerprint density at radius 2 is 1.00 bits per heavy atom. The molecule has 7 aromatic carbocycles. The monoisotopic (exact) mass is 652 g/mol. The second-order valence-corrected chi connectivity index (χ2v) is 13.9. The van der Waals surface area contributed by atoms with Gasteiger partial charge in [0.25, 0.3) is 0 Å². The molecule has 0 spiro atoms. The van der Waals surface area contributed by atoms with Crippen molar-refractivity contribution < 1.29 is 0 Å². The largest absolute Gasteiger partial charge is 0.309 e. The molecule has 1 unspecified atom stereocenters. The fourth-order valence-electron chi connectivity index (χ4n) is 8.06. The third kappa shape index (κ3) is 4.94. The van der Waals surface area contributed by atoms with Gasteiger partial charge in [-0.3, -0.25) is 0 Å². The van der Waals surface area contributed by atoms with Crippen molar-refractivity contribution in [2.75, 3.05) is 0 Å². The van der Waals surface area contributed by atoms with Gasteiger partial charge >= 0.3 is 0 Å². The Balaban J connectivity index is 1.11. The van der Waals surface area contributed by atoms with Crippen molar-refractivity contribution in [1.29, 1.82) is 0 Å². The van der Waals surface area contributed by atoms with Gasteiger partial charge in [0.05, 0.1) is 22.1 Å². The van der Waals surface area contributed by atoms with Crippen LogP contribution < -0.4 is 0 Å². The van der Waals surface area contributed by atoms with Crippen LogP contribution >= 0.6 is 0 Å². The van der Waals surface area contributed by atoms with Gasteiger partial charge in [0, 0.05) is 32.9 Å². The van der Waals surface area contributed by atoms with Gasteiger partial charge in [0.1, 0.15) is 0 Å². The first-order chi connectivity index (χ1) is 25.2. The molecular weight excluding hydrogens is 617 g/mol. The molecule has 1 aliphatic rings. The normalized spacial score (nSPS) is 14.5. The summed E-state index contributed by atoms with van der Waals surface area (Å²) in [6, 6.07) is 60.0. The summed E-state index contributed by atoms with van der Waals surface area (Å²) in [4.78, 5) is 0. The van der Waals surface area contributed by atoms with Crippen LogP contribution in [0.3, 0.4) is 0 Å². The first kappa shape index (κ1) is 29.5. The van der Waals surface area contributed by atoms with E-state index in [1.165, 1.54) is 82.7 Å². The summed E-state index contributed by atoms with van der Waals surface area (Å²) in [5, 5.41) is 5.05. The summed E-state index contributed by atoms with van der Waals surface area (Å²) in [5.74, 6) is 0.596. The average Bonchev–Trinajstić information content (AvgIpc) is 3.71. The van der Waals surface area contributed by atoms with Crippen molar-refractivity contribution in [3.63, 3.8) is 0 Å². The minimum absolute atomic E-state index is 0.596. The Bertz CT molecular complexity index is 2830. The number of allylic oxidation sites excluding steroid dienone is 4. The summed E-state index contributed by atoms with van der Waals surface area (Å²) in [6.07, 6.45) is 8.06. The highest BCUT2D eigenvalue weighted by Gasteiger charge is 2.17. The first-order valence-electron chi connectivity index (χ1n) is 17.9. The second kappa shape index (κ2) is 11.9. The number of rotatable bonds is 5. The van der Waals surface area contributed by atoms with Gasteiger partial charge in [-0.15, -0.1) is 0 Å². The van der Waals surface area contributed by atoms with Gasteiger partial charge in [-0.2, -0.15) is 0 Å². The van der Waals surface area contributed by atoms with Crippen molar-refractivity contribution in [3.8, 4) is 33.6 Å². The molecule has 0 bridgehead atoms. The molecule has 0 saturated heterocycles. The SMILES string of the molecule is CC1C=CC(c2cccc(-n3c4ccccc4c4cc(-c5ccc6c7ccccc7n(-c7ccc(-c8ccccc8)cc7)c6c5)ccc43)c2)=CC1. The van der Waals surface area contributed by atoms with E-state index in [1.54, 1.807) is 0 Å². The Kier molecular flexibility index (Phi) is 6.89. The van der Waals surface area contributed by atoms with Crippen molar-refractivity contribution in [1.82, 2.24) is 9.13 Å². The fraction of sp³-hybridized carbons (Fsp3) is 0.0612. The van der Waals surface area contributed by atoms with E-state index in [0.717, 1.165) is 12.1 Å². The molecule has 2 nitrogen and oxygen atoms in total. The van der Waals surface area contributed by atoms with Crippen LogP contribution in [0.4, 0.5) is 0 Å². The van der Waals surface area contributed by atoms with E-state index in [9.17, 15) is 0 Å². The number of aromatic nitrogens is 2. The Labute approximate surface area is 297 Å². The number of fused-ring (bicyclic) bond motifs is 6. The van der Waals surface area contributed by atoms with Crippen LogP contribution in [0.25, 0.3) is 82.8 Å². The maximum absolute atomic E-state index is 2.42. The molecule has 0 saturated carbocycles. The minimum atomic E-state index is 0.596. The fourth-order valence-corrected chi connectivity index (χ4v) is 8.06. The van der Waals surface area contributed by atoms with Gasteiger partial charge in [-0.1, -0.05) is 134 Å². The molecule has 0 N–H and O–H groups in total. The quantitative estimate of drug-likeness (QED) is 0.175. The van der Waals surface area contributed by atoms with E-state index in [4.69, 9.17) is 0 Å². The molecule has 242 valence electrons. The lowest BCUT2D eigenvalue weighted by atomic mass is 9.94. The van der Waals surface area contributed by atoms with E-state index < -0.39 is 0 Å². The maximum atomic E-state index is 2.42. The highest BCUT2D eigenvalue weighted by atomic mass is 15.0. The molecule has 9 aromatic rings. The van der Waals surface area contributed by atoms with Crippen molar-refractivity contribution >= 4 is 49.2 Å². The lowest BCUT2D eigenvalue weighted by Gasteiger charge is -2.14. The molecule has 1 aliphatic carbocycles. The lowest BCUT2D eigenvalue weighted by Crippen LogP contribution is -1.97. The van der Waals surface area contributed by atoms with Crippen LogP contribution in [0.2, 0.25) is 0 Å². The minimum Gasteiger partial charge on any atom is -0.309 e.